The van der Waals surface area contributed by atoms with E-state index in [0.717, 1.165) is 5.39 Å². The van der Waals surface area contributed by atoms with Crippen molar-refractivity contribution in [2.75, 3.05) is 0 Å². The van der Waals surface area contributed by atoms with Crippen molar-refractivity contribution in [3.8, 4) is 0 Å². The fraction of sp³-hybridized carbons (Fsp3) is 0.300. The third-order valence-electron chi connectivity index (χ3n) is 5.57. The molecule has 8 heteroatoms. The van der Waals surface area contributed by atoms with E-state index in [1.807, 2.05) is 27.7 Å². The maximum atomic E-state index is 13.3. The topological polar surface area (TPSA) is 57.5 Å². The predicted molar refractivity (Wildman–Crippen MR) is 112 cm³/mol. The van der Waals surface area contributed by atoms with Crippen LogP contribution in [0.5, 0.6) is 0 Å². The van der Waals surface area contributed by atoms with Crippen LogP contribution in [-0.2, 0) is 19.3 Å². The molecule has 28 heavy (non-hydrogen) atoms. The lowest BCUT2D eigenvalue weighted by atomic mass is 9.79. The van der Waals surface area contributed by atoms with Crippen LogP contribution >= 0.6 is 11.6 Å². The normalized spacial score (nSPS) is 18.7. The fourth-order valence-corrected chi connectivity index (χ4v) is 4.82. The second kappa shape index (κ2) is 6.35. The van der Waals surface area contributed by atoms with Crippen molar-refractivity contribution >= 4 is 45.1 Å². The van der Waals surface area contributed by atoms with E-state index in [0.29, 0.717) is 16.0 Å². The molecule has 0 aliphatic carbocycles. The average Bonchev–Trinajstić information content (AvgIpc) is 3.10. The van der Waals surface area contributed by atoms with Crippen LogP contribution in [0.25, 0.3) is 10.9 Å². The number of halogens is 1. The molecule has 1 aromatic heterocycles. The van der Waals surface area contributed by atoms with Crippen LogP contribution in [0, 0.1) is 0 Å². The van der Waals surface area contributed by atoms with E-state index >= 15 is 0 Å². The van der Waals surface area contributed by atoms with Gasteiger partial charge in [0.25, 0.3) is 10.0 Å². The minimum absolute atomic E-state index is 0.201. The van der Waals surface area contributed by atoms with Crippen molar-refractivity contribution in [3.63, 3.8) is 0 Å². The lowest BCUT2D eigenvalue weighted by molar-refractivity contribution is 0.00578. The molecule has 1 saturated heterocycles. The summed E-state index contributed by atoms with van der Waals surface area (Å²) in [7, 11) is -4.48. The average molecular weight is 418 g/mol. The summed E-state index contributed by atoms with van der Waals surface area (Å²) >= 11 is 6.18. The Morgan fingerprint density at radius 3 is 2.18 bits per heavy atom. The molecule has 0 amide bonds. The molecule has 0 N–H and O–H groups in total. The van der Waals surface area contributed by atoms with Crippen LogP contribution in [0.2, 0.25) is 5.02 Å². The number of nitrogens with zero attached hydrogens (tertiary/aromatic N) is 1. The summed E-state index contributed by atoms with van der Waals surface area (Å²) in [5.74, 6) is 0. The molecule has 2 heterocycles. The maximum Gasteiger partial charge on any atom is 0.497 e. The van der Waals surface area contributed by atoms with E-state index in [-0.39, 0.29) is 4.90 Å². The SMILES string of the molecule is CC1(C)OB(c2cn(S(=O)(=O)c3ccccc3)c3cc(Cl)ccc23)OC1(C)C. The van der Waals surface area contributed by atoms with Crippen molar-refractivity contribution < 1.29 is 17.7 Å². The molecule has 2 aromatic carbocycles. The Kier molecular flexibility index (Phi) is 4.43. The smallest absolute Gasteiger partial charge is 0.399 e. The van der Waals surface area contributed by atoms with Crippen LogP contribution in [-0.4, -0.2) is 30.7 Å². The highest BCUT2D eigenvalue weighted by atomic mass is 35.5. The summed E-state index contributed by atoms with van der Waals surface area (Å²) in [4.78, 5) is 0.201. The van der Waals surface area contributed by atoms with Gasteiger partial charge < -0.3 is 9.31 Å². The fourth-order valence-electron chi connectivity index (χ4n) is 3.26. The number of aromatic nitrogens is 1. The van der Waals surface area contributed by atoms with Gasteiger partial charge in [-0.05, 0) is 52.0 Å². The molecule has 1 fully saturated rings. The summed E-state index contributed by atoms with van der Waals surface area (Å²) in [6.07, 6.45) is 1.57. The molecule has 0 saturated carbocycles. The summed E-state index contributed by atoms with van der Waals surface area (Å²) in [5, 5.41) is 1.18. The van der Waals surface area contributed by atoms with E-state index in [9.17, 15) is 8.42 Å². The molecule has 1 aliphatic heterocycles. The van der Waals surface area contributed by atoms with Gasteiger partial charge in [-0.25, -0.2) is 12.4 Å². The minimum atomic E-state index is -3.80. The van der Waals surface area contributed by atoms with Gasteiger partial charge in [-0.2, -0.15) is 0 Å². The van der Waals surface area contributed by atoms with E-state index in [4.69, 9.17) is 20.9 Å². The van der Waals surface area contributed by atoms with Crippen LogP contribution in [0.15, 0.2) is 59.6 Å². The van der Waals surface area contributed by atoms with Crippen molar-refractivity contribution in [1.29, 1.82) is 0 Å². The lowest BCUT2D eigenvalue weighted by Gasteiger charge is -2.32. The Hall–Kier alpha value is -1.80. The zero-order valence-corrected chi connectivity index (χ0v) is 17.7. The molecule has 3 aromatic rings. The van der Waals surface area contributed by atoms with Gasteiger partial charge in [0.2, 0.25) is 0 Å². The number of benzene rings is 2. The van der Waals surface area contributed by atoms with E-state index in [1.165, 1.54) is 3.97 Å². The highest BCUT2D eigenvalue weighted by molar-refractivity contribution is 7.90. The summed E-state index contributed by atoms with van der Waals surface area (Å²) in [6.45, 7) is 7.85. The quantitative estimate of drug-likeness (QED) is 0.608. The lowest BCUT2D eigenvalue weighted by Crippen LogP contribution is -2.41. The van der Waals surface area contributed by atoms with Crippen molar-refractivity contribution in [2.45, 2.75) is 43.8 Å². The Morgan fingerprint density at radius 1 is 0.964 bits per heavy atom. The summed E-state index contributed by atoms with van der Waals surface area (Å²) < 4.78 is 40.1. The standard InChI is InChI=1S/C20H21BClNO4S/c1-19(2)20(3,4)27-21(26-19)17-13-23(18-12-14(22)10-11-16(17)18)28(24,25)15-8-6-5-7-9-15/h5-13H,1-4H3. The molecule has 4 rings (SSSR count). The second-order valence-electron chi connectivity index (χ2n) is 7.95. The summed E-state index contributed by atoms with van der Waals surface area (Å²) in [5.41, 5.74) is 0.0825. The van der Waals surface area contributed by atoms with Gasteiger partial charge in [-0.15, -0.1) is 0 Å². The molecule has 5 nitrogen and oxygen atoms in total. The van der Waals surface area contributed by atoms with Gasteiger partial charge >= 0.3 is 7.12 Å². The van der Waals surface area contributed by atoms with Gasteiger partial charge in [0.1, 0.15) is 0 Å². The van der Waals surface area contributed by atoms with Crippen LogP contribution in [0.1, 0.15) is 27.7 Å². The second-order valence-corrected chi connectivity index (χ2v) is 10.2. The van der Waals surface area contributed by atoms with Crippen LogP contribution in [0.3, 0.4) is 0 Å². The van der Waals surface area contributed by atoms with E-state index < -0.39 is 28.3 Å². The number of fused-ring (bicyclic) bond motifs is 1. The third kappa shape index (κ3) is 2.97. The molecule has 0 atom stereocenters. The monoisotopic (exact) mass is 417 g/mol. The van der Waals surface area contributed by atoms with Gasteiger partial charge in [0, 0.05) is 22.1 Å². The first-order valence-electron chi connectivity index (χ1n) is 9.00. The predicted octanol–water partition coefficient (Wildman–Crippen LogP) is 3.83. The molecule has 1 aliphatic rings. The van der Waals surface area contributed by atoms with Gasteiger partial charge in [0.05, 0.1) is 21.6 Å². The highest BCUT2D eigenvalue weighted by Gasteiger charge is 2.52. The zero-order chi connectivity index (χ0) is 20.3. The molecular formula is C20H21BClNO4S. The van der Waals surface area contributed by atoms with Crippen LogP contribution in [0.4, 0.5) is 0 Å². The van der Waals surface area contributed by atoms with E-state index in [2.05, 4.69) is 0 Å². The molecule has 0 bridgehead atoms. The highest BCUT2D eigenvalue weighted by Crippen LogP contribution is 2.37. The van der Waals surface area contributed by atoms with Crippen molar-refractivity contribution in [2.24, 2.45) is 0 Å². The van der Waals surface area contributed by atoms with Gasteiger partial charge in [-0.1, -0.05) is 35.9 Å². The summed E-state index contributed by atoms with van der Waals surface area (Å²) in [6, 6.07) is 13.5. The van der Waals surface area contributed by atoms with Crippen molar-refractivity contribution in [3.05, 3.63) is 59.8 Å². The Balaban J connectivity index is 1.92. The van der Waals surface area contributed by atoms with Gasteiger partial charge in [0.15, 0.2) is 0 Å². The Morgan fingerprint density at radius 2 is 1.57 bits per heavy atom. The van der Waals surface area contributed by atoms with E-state index in [1.54, 1.807) is 54.7 Å². The first-order chi connectivity index (χ1) is 13.0. The number of hydrogen-bond acceptors (Lipinski definition) is 4. The maximum absolute atomic E-state index is 13.3. The molecule has 0 spiro atoms. The third-order valence-corrected chi connectivity index (χ3v) is 7.49. The van der Waals surface area contributed by atoms with Gasteiger partial charge in [-0.3, -0.25) is 0 Å². The first-order valence-corrected chi connectivity index (χ1v) is 10.8. The zero-order valence-electron chi connectivity index (χ0n) is 16.1. The largest absolute Gasteiger partial charge is 0.497 e. The Bertz CT molecular complexity index is 1140. The molecule has 146 valence electrons. The molecule has 0 unspecified atom stereocenters. The molecular weight excluding hydrogens is 397 g/mol. The van der Waals surface area contributed by atoms with Crippen LogP contribution < -0.4 is 5.46 Å². The number of rotatable bonds is 3. The number of hydrogen-bond donors (Lipinski definition) is 0. The molecule has 0 radical (unpaired) electrons. The van der Waals surface area contributed by atoms with Crippen molar-refractivity contribution in [1.82, 2.24) is 3.97 Å². The minimum Gasteiger partial charge on any atom is -0.399 e. The first kappa shape index (κ1) is 19.5. The Labute approximate surface area is 170 Å².